The molecule has 18 heavy (non-hydrogen) atoms. The van der Waals surface area contributed by atoms with Crippen LogP contribution in [0.3, 0.4) is 0 Å². The van der Waals surface area contributed by atoms with E-state index in [0.29, 0.717) is 6.61 Å². The van der Waals surface area contributed by atoms with Crippen LogP contribution < -0.4 is 10.5 Å². The number of rotatable bonds is 6. The number of methoxy groups -OCH3 is 1. The van der Waals surface area contributed by atoms with E-state index in [1.54, 1.807) is 7.11 Å². The van der Waals surface area contributed by atoms with Gasteiger partial charge in [0.1, 0.15) is 5.75 Å². The second-order valence-corrected chi connectivity index (χ2v) is 5.89. The average molecular weight is 316 g/mol. The quantitative estimate of drug-likeness (QED) is 0.871. The molecule has 1 atom stereocenters. The van der Waals surface area contributed by atoms with Gasteiger partial charge in [0.15, 0.2) is 0 Å². The molecule has 2 N–H and O–H groups in total. The minimum absolute atomic E-state index is 0.0147. The highest BCUT2D eigenvalue weighted by Crippen LogP contribution is 2.27. The van der Waals surface area contributed by atoms with Crippen LogP contribution in [0.15, 0.2) is 22.7 Å². The Morgan fingerprint density at radius 2 is 2.06 bits per heavy atom. The summed E-state index contributed by atoms with van der Waals surface area (Å²) >= 11 is 3.51. The van der Waals surface area contributed by atoms with Crippen molar-refractivity contribution in [3.05, 3.63) is 28.2 Å². The molecule has 0 aliphatic carbocycles. The average Bonchev–Trinajstić information content (AvgIpc) is 2.28. The highest BCUT2D eigenvalue weighted by Gasteiger charge is 2.16. The van der Waals surface area contributed by atoms with Crippen molar-refractivity contribution < 1.29 is 9.47 Å². The molecule has 0 saturated carbocycles. The Morgan fingerprint density at radius 3 is 2.56 bits per heavy atom. The molecule has 4 heteroatoms. The van der Waals surface area contributed by atoms with Gasteiger partial charge < -0.3 is 15.2 Å². The van der Waals surface area contributed by atoms with Gasteiger partial charge in [-0.3, -0.25) is 0 Å². The molecule has 0 saturated heterocycles. The molecule has 0 aliphatic heterocycles. The lowest BCUT2D eigenvalue weighted by Crippen LogP contribution is -2.25. The summed E-state index contributed by atoms with van der Waals surface area (Å²) < 4.78 is 12.0. The van der Waals surface area contributed by atoms with Crippen LogP contribution in [0.25, 0.3) is 0 Å². The summed E-state index contributed by atoms with van der Waals surface area (Å²) in [5.74, 6) is 0.846. The van der Waals surface area contributed by atoms with E-state index >= 15 is 0 Å². The van der Waals surface area contributed by atoms with Crippen molar-refractivity contribution in [1.82, 2.24) is 0 Å². The second-order valence-electron chi connectivity index (χ2n) is 5.03. The highest BCUT2D eigenvalue weighted by molar-refractivity contribution is 9.10. The number of halogens is 1. The normalized spacial score (nSPS) is 13.4. The van der Waals surface area contributed by atoms with E-state index in [1.807, 2.05) is 39.0 Å². The molecule has 1 rings (SSSR count). The van der Waals surface area contributed by atoms with E-state index in [0.717, 1.165) is 22.2 Å². The first-order valence-electron chi connectivity index (χ1n) is 6.09. The summed E-state index contributed by atoms with van der Waals surface area (Å²) in [7, 11) is 1.72. The fourth-order valence-corrected chi connectivity index (χ4v) is 2.20. The molecule has 0 heterocycles. The largest absolute Gasteiger partial charge is 0.493 e. The summed E-state index contributed by atoms with van der Waals surface area (Å²) in [6.45, 7) is 6.68. The van der Waals surface area contributed by atoms with Gasteiger partial charge in [0.2, 0.25) is 0 Å². The topological polar surface area (TPSA) is 44.5 Å². The van der Waals surface area contributed by atoms with Crippen molar-refractivity contribution in [1.29, 1.82) is 0 Å². The molecule has 1 aromatic rings. The Kier molecular flexibility index (Phi) is 5.63. The first kappa shape index (κ1) is 15.5. The molecule has 0 aromatic heterocycles. The maximum Gasteiger partial charge on any atom is 0.120 e. The third-order valence-corrected chi connectivity index (χ3v) is 3.67. The number of hydrogen-bond donors (Lipinski definition) is 1. The van der Waals surface area contributed by atoms with Crippen molar-refractivity contribution in [2.75, 3.05) is 13.7 Å². The van der Waals surface area contributed by atoms with Gasteiger partial charge in [-0.2, -0.15) is 0 Å². The monoisotopic (exact) mass is 315 g/mol. The lowest BCUT2D eigenvalue weighted by Gasteiger charge is -2.22. The lowest BCUT2D eigenvalue weighted by atomic mass is 10.1. The van der Waals surface area contributed by atoms with Crippen LogP contribution in [-0.4, -0.2) is 19.3 Å². The van der Waals surface area contributed by atoms with Gasteiger partial charge >= 0.3 is 0 Å². The first-order valence-corrected chi connectivity index (χ1v) is 6.88. The van der Waals surface area contributed by atoms with E-state index < -0.39 is 0 Å². The molecule has 1 aromatic carbocycles. The van der Waals surface area contributed by atoms with E-state index in [9.17, 15) is 0 Å². The summed E-state index contributed by atoms with van der Waals surface area (Å²) in [6, 6.07) is 5.91. The first-order chi connectivity index (χ1) is 8.35. The van der Waals surface area contributed by atoms with E-state index in [4.69, 9.17) is 15.2 Å². The maximum atomic E-state index is 5.85. The zero-order chi connectivity index (χ0) is 13.8. The molecule has 0 bridgehead atoms. The molecular formula is C14H22BrNO2. The molecular weight excluding hydrogens is 294 g/mol. The summed E-state index contributed by atoms with van der Waals surface area (Å²) in [6.07, 6.45) is 0.843. The van der Waals surface area contributed by atoms with Crippen LogP contribution in [0.1, 0.15) is 38.8 Å². The van der Waals surface area contributed by atoms with Gasteiger partial charge in [-0.1, -0.05) is 22.0 Å². The molecule has 0 amide bonds. The van der Waals surface area contributed by atoms with Gasteiger partial charge in [-0.05, 0) is 38.5 Å². The molecule has 3 nitrogen and oxygen atoms in total. The van der Waals surface area contributed by atoms with Crippen molar-refractivity contribution in [3.8, 4) is 5.75 Å². The van der Waals surface area contributed by atoms with Gasteiger partial charge in [-0.25, -0.2) is 0 Å². The van der Waals surface area contributed by atoms with Gasteiger partial charge in [-0.15, -0.1) is 0 Å². The van der Waals surface area contributed by atoms with Gasteiger partial charge in [0, 0.05) is 24.0 Å². The van der Waals surface area contributed by atoms with Crippen molar-refractivity contribution in [3.63, 3.8) is 0 Å². The molecule has 0 radical (unpaired) electrons. The Morgan fingerprint density at radius 1 is 1.39 bits per heavy atom. The van der Waals surface area contributed by atoms with E-state index in [1.165, 1.54) is 0 Å². The summed E-state index contributed by atoms with van der Waals surface area (Å²) in [4.78, 5) is 0. The van der Waals surface area contributed by atoms with E-state index in [-0.39, 0.29) is 11.6 Å². The number of nitrogens with two attached hydrogens (primary N) is 1. The van der Waals surface area contributed by atoms with E-state index in [2.05, 4.69) is 15.9 Å². The van der Waals surface area contributed by atoms with Crippen LogP contribution in [0.2, 0.25) is 0 Å². The van der Waals surface area contributed by atoms with Gasteiger partial charge in [0.25, 0.3) is 0 Å². The summed E-state index contributed by atoms with van der Waals surface area (Å²) in [5.41, 5.74) is 6.79. The standard InChI is InChI=1S/C14H22BrNO2/c1-10(16)12-6-5-11(9-13(12)15)18-8-7-14(2,3)17-4/h5-6,9-10H,7-8,16H2,1-4H3. The Labute approximate surface area is 118 Å². The molecule has 1 unspecified atom stereocenters. The number of benzene rings is 1. The van der Waals surface area contributed by atoms with Gasteiger partial charge in [0.05, 0.1) is 12.2 Å². The Hall–Kier alpha value is -0.580. The minimum atomic E-state index is -0.150. The Bertz CT molecular complexity index is 391. The fraction of sp³-hybridized carbons (Fsp3) is 0.571. The van der Waals surface area contributed by atoms with Crippen LogP contribution in [0, 0.1) is 0 Å². The van der Waals surface area contributed by atoms with Crippen LogP contribution >= 0.6 is 15.9 Å². The fourth-order valence-electron chi connectivity index (χ4n) is 1.48. The van der Waals surface area contributed by atoms with Crippen molar-refractivity contribution in [2.24, 2.45) is 5.73 Å². The predicted molar refractivity (Wildman–Crippen MR) is 77.9 cm³/mol. The van der Waals surface area contributed by atoms with Crippen LogP contribution in [0.5, 0.6) is 5.75 Å². The van der Waals surface area contributed by atoms with Crippen LogP contribution in [0.4, 0.5) is 0 Å². The Balaban J connectivity index is 2.57. The highest BCUT2D eigenvalue weighted by atomic mass is 79.9. The third kappa shape index (κ3) is 4.59. The predicted octanol–water partition coefficient (Wildman–Crippen LogP) is 3.66. The number of ether oxygens (including phenoxy) is 2. The minimum Gasteiger partial charge on any atom is -0.493 e. The smallest absolute Gasteiger partial charge is 0.120 e. The van der Waals surface area contributed by atoms with Crippen LogP contribution in [-0.2, 0) is 4.74 Å². The number of hydrogen-bond acceptors (Lipinski definition) is 3. The zero-order valence-corrected chi connectivity index (χ0v) is 13.1. The SMILES string of the molecule is COC(C)(C)CCOc1ccc(C(C)N)c(Br)c1. The molecule has 0 aliphatic rings. The molecule has 102 valence electrons. The van der Waals surface area contributed by atoms with Crippen molar-refractivity contribution >= 4 is 15.9 Å². The summed E-state index contributed by atoms with van der Waals surface area (Å²) in [5, 5.41) is 0. The molecule has 0 fully saturated rings. The zero-order valence-electron chi connectivity index (χ0n) is 11.5. The second kappa shape index (κ2) is 6.55. The molecule has 0 spiro atoms. The van der Waals surface area contributed by atoms with Crippen molar-refractivity contribution in [2.45, 2.75) is 38.8 Å². The third-order valence-electron chi connectivity index (χ3n) is 2.99. The lowest BCUT2D eigenvalue weighted by molar-refractivity contribution is 0.00545. The maximum absolute atomic E-state index is 5.85.